The van der Waals surface area contributed by atoms with Crippen molar-refractivity contribution in [1.82, 2.24) is 19.7 Å². The van der Waals surface area contributed by atoms with Crippen molar-refractivity contribution in [3.8, 4) is 5.69 Å². The zero-order valence-electron chi connectivity index (χ0n) is 15.9. The normalized spacial score (nSPS) is 20.5. The first-order chi connectivity index (χ1) is 13.9. The minimum absolute atomic E-state index is 0.0144. The van der Waals surface area contributed by atoms with Crippen LogP contribution in [-0.2, 0) is 16.3 Å². The molecule has 0 saturated carbocycles. The fourth-order valence-electron chi connectivity index (χ4n) is 4.48. The molecule has 148 valence electrons. The highest BCUT2D eigenvalue weighted by Gasteiger charge is 2.44. The van der Waals surface area contributed by atoms with Gasteiger partial charge in [0.1, 0.15) is 0 Å². The molecule has 0 radical (unpaired) electrons. The lowest BCUT2D eigenvalue weighted by atomic mass is 9.99. The zero-order chi connectivity index (χ0) is 20.2. The molecular formula is C21H20N4O3S. The van der Waals surface area contributed by atoms with Crippen molar-refractivity contribution in [1.29, 1.82) is 0 Å². The summed E-state index contributed by atoms with van der Waals surface area (Å²) >= 11 is 0. The van der Waals surface area contributed by atoms with E-state index >= 15 is 0 Å². The second-order valence-electron chi connectivity index (χ2n) is 7.63. The number of amides is 1. The molecule has 2 aliphatic rings. The van der Waals surface area contributed by atoms with Crippen LogP contribution < -0.4 is 0 Å². The Morgan fingerprint density at radius 3 is 2.59 bits per heavy atom. The maximum Gasteiger partial charge on any atom is 0.256 e. The molecule has 8 heteroatoms. The number of aromatic nitrogens is 3. The summed E-state index contributed by atoms with van der Waals surface area (Å²) in [6, 6.07) is 10.5. The maximum atomic E-state index is 13.1. The Labute approximate surface area is 168 Å². The van der Waals surface area contributed by atoms with Crippen LogP contribution >= 0.6 is 0 Å². The quantitative estimate of drug-likeness (QED) is 0.665. The molecule has 2 bridgehead atoms. The molecule has 5 rings (SSSR count). The molecule has 0 aliphatic carbocycles. The molecule has 3 aromatic rings. The van der Waals surface area contributed by atoms with E-state index in [2.05, 4.69) is 10.1 Å². The molecule has 2 aliphatic heterocycles. The Morgan fingerprint density at radius 1 is 1.10 bits per heavy atom. The summed E-state index contributed by atoms with van der Waals surface area (Å²) < 4.78 is 25.3. The average Bonchev–Trinajstić information content (AvgIpc) is 3.28. The number of nitrogens with zero attached hydrogens (tertiary/aromatic N) is 4. The predicted octanol–water partition coefficient (Wildman–Crippen LogP) is 2.57. The summed E-state index contributed by atoms with van der Waals surface area (Å²) in [6.07, 6.45) is 8.92. The number of hydrogen-bond acceptors (Lipinski definition) is 5. The molecule has 0 spiro atoms. The minimum Gasteiger partial charge on any atom is -0.328 e. The lowest BCUT2D eigenvalue weighted by Gasteiger charge is -2.35. The van der Waals surface area contributed by atoms with Crippen molar-refractivity contribution in [2.24, 2.45) is 0 Å². The van der Waals surface area contributed by atoms with Crippen LogP contribution in [0.4, 0.5) is 0 Å². The summed E-state index contributed by atoms with van der Waals surface area (Å²) in [5.41, 5.74) is 3.60. The topological polar surface area (TPSA) is 85.2 Å². The van der Waals surface area contributed by atoms with E-state index in [1.165, 1.54) is 6.26 Å². The smallest absolute Gasteiger partial charge is 0.256 e. The lowest BCUT2D eigenvalue weighted by Crippen LogP contribution is -2.42. The van der Waals surface area contributed by atoms with E-state index in [0.717, 1.165) is 36.2 Å². The molecule has 2 atom stereocenters. The number of carbonyl (C=O) groups excluding carboxylic acids is 1. The Morgan fingerprint density at radius 2 is 1.90 bits per heavy atom. The third-order valence-electron chi connectivity index (χ3n) is 5.84. The van der Waals surface area contributed by atoms with Gasteiger partial charge in [0.15, 0.2) is 9.84 Å². The molecule has 4 heterocycles. The molecule has 2 aromatic heterocycles. The first-order valence-electron chi connectivity index (χ1n) is 9.53. The fraction of sp³-hybridized carbons (Fsp3) is 0.286. The molecular weight excluding hydrogens is 388 g/mol. The van der Waals surface area contributed by atoms with Gasteiger partial charge in [-0.1, -0.05) is 0 Å². The van der Waals surface area contributed by atoms with Gasteiger partial charge in [0.2, 0.25) is 0 Å². The van der Waals surface area contributed by atoms with Crippen molar-refractivity contribution in [3.63, 3.8) is 0 Å². The minimum atomic E-state index is -3.24. The number of sulfone groups is 1. The fourth-order valence-corrected chi connectivity index (χ4v) is 5.11. The van der Waals surface area contributed by atoms with E-state index in [1.54, 1.807) is 48.8 Å². The molecule has 29 heavy (non-hydrogen) atoms. The van der Waals surface area contributed by atoms with Crippen LogP contribution in [0.15, 0.2) is 59.9 Å². The van der Waals surface area contributed by atoms with E-state index in [9.17, 15) is 13.2 Å². The molecule has 1 saturated heterocycles. The molecule has 1 amide bonds. The molecule has 0 unspecified atom stereocenters. The van der Waals surface area contributed by atoms with Gasteiger partial charge < -0.3 is 4.90 Å². The molecule has 1 aromatic carbocycles. The monoisotopic (exact) mass is 408 g/mol. The number of carbonyl (C=O) groups is 1. The van der Waals surface area contributed by atoms with Gasteiger partial charge in [0.05, 0.1) is 34.1 Å². The SMILES string of the molecule is CS(=O)(=O)c1ccc(-n2ncc3c2C[C@@H]2CC[C@H]3N2C(=O)c2cccnc2)cc1. The highest BCUT2D eigenvalue weighted by molar-refractivity contribution is 7.90. The number of pyridine rings is 1. The third-order valence-corrected chi connectivity index (χ3v) is 6.97. The van der Waals surface area contributed by atoms with Crippen LogP contribution in [0.5, 0.6) is 0 Å². The van der Waals surface area contributed by atoms with E-state index in [-0.39, 0.29) is 22.9 Å². The van der Waals surface area contributed by atoms with Gasteiger partial charge >= 0.3 is 0 Å². The third kappa shape index (κ3) is 2.95. The first-order valence-corrected chi connectivity index (χ1v) is 11.4. The predicted molar refractivity (Wildman–Crippen MR) is 107 cm³/mol. The van der Waals surface area contributed by atoms with Gasteiger partial charge in [-0.05, 0) is 49.2 Å². The molecule has 7 nitrogen and oxygen atoms in total. The van der Waals surface area contributed by atoms with Crippen molar-refractivity contribution >= 4 is 15.7 Å². The largest absolute Gasteiger partial charge is 0.328 e. The Kier molecular flexibility index (Phi) is 4.06. The second kappa shape index (κ2) is 6.52. The van der Waals surface area contributed by atoms with Crippen molar-refractivity contribution in [2.45, 2.75) is 36.2 Å². The Balaban J connectivity index is 1.49. The Bertz CT molecular complexity index is 1190. The number of benzene rings is 1. The van der Waals surface area contributed by atoms with E-state index < -0.39 is 9.84 Å². The first kappa shape index (κ1) is 18.1. The number of hydrogen-bond donors (Lipinski definition) is 0. The van der Waals surface area contributed by atoms with Crippen LogP contribution in [0.2, 0.25) is 0 Å². The van der Waals surface area contributed by atoms with Gasteiger partial charge in [0.25, 0.3) is 5.91 Å². The average molecular weight is 408 g/mol. The van der Waals surface area contributed by atoms with Gasteiger partial charge in [-0.25, -0.2) is 13.1 Å². The van der Waals surface area contributed by atoms with Crippen LogP contribution in [0.25, 0.3) is 5.69 Å². The second-order valence-corrected chi connectivity index (χ2v) is 9.65. The summed E-state index contributed by atoms with van der Waals surface area (Å²) in [5.74, 6) is 0.0153. The van der Waals surface area contributed by atoms with Crippen molar-refractivity contribution in [3.05, 3.63) is 71.8 Å². The summed E-state index contributed by atoms with van der Waals surface area (Å²) in [5, 5.41) is 4.56. The summed E-state index contributed by atoms with van der Waals surface area (Å²) in [6.45, 7) is 0. The van der Waals surface area contributed by atoms with Crippen LogP contribution in [0, 0.1) is 0 Å². The van der Waals surface area contributed by atoms with Gasteiger partial charge in [-0.3, -0.25) is 9.78 Å². The van der Waals surface area contributed by atoms with E-state index in [1.807, 2.05) is 15.8 Å². The molecule has 0 N–H and O–H groups in total. The van der Waals surface area contributed by atoms with Crippen LogP contribution in [0.3, 0.4) is 0 Å². The van der Waals surface area contributed by atoms with Crippen molar-refractivity contribution < 1.29 is 13.2 Å². The van der Waals surface area contributed by atoms with Gasteiger partial charge in [-0.15, -0.1) is 0 Å². The number of rotatable bonds is 3. The van der Waals surface area contributed by atoms with Crippen LogP contribution in [-0.4, -0.2) is 46.3 Å². The maximum absolute atomic E-state index is 13.1. The van der Waals surface area contributed by atoms with E-state index in [4.69, 9.17) is 0 Å². The lowest BCUT2D eigenvalue weighted by molar-refractivity contribution is 0.0644. The standard InChI is InChI=1S/C21H20N4O3S/c1-29(27,28)17-7-4-15(5-8-17)25-20-11-16-6-9-19(18(20)13-23-25)24(16)21(26)14-3-2-10-22-12-14/h2-5,7-8,10,12-13,16,19H,6,9,11H2,1H3/t16-,19+/m0/s1. The van der Waals surface area contributed by atoms with E-state index in [0.29, 0.717) is 5.56 Å². The highest BCUT2D eigenvalue weighted by Crippen LogP contribution is 2.44. The van der Waals surface area contributed by atoms with Gasteiger partial charge in [-0.2, -0.15) is 5.10 Å². The highest BCUT2D eigenvalue weighted by atomic mass is 32.2. The zero-order valence-corrected chi connectivity index (χ0v) is 16.7. The summed E-state index contributed by atoms with van der Waals surface area (Å²) in [4.78, 5) is 19.4. The summed E-state index contributed by atoms with van der Waals surface area (Å²) in [7, 11) is -3.24. The number of fused-ring (bicyclic) bond motifs is 4. The van der Waals surface area contributed by atoms with Gasteiger partial charge in [0, 0.05) is 36.7 Å². The molecule has 1 fully saturated rings. The Hall–Kier alpha value is -3.00. The van der Waals surface area contributed by atoms with Crippen LogP contribution in [0.1, 0.15) is 40.5 Å². The van der Waals surface area contributed by atoms with Crippen molar-refractivity contribution in [2.75, 3.05) is 6.26 Å².